The standard InChI is InChI=1S/C21H21N3O3/c1-3-13-23(21(27)22-16-7-5-4-6-8-16)18-14-19(25)24(20(18)26)17-11-9-15(2)10-12-17/h3-12,18H,1,13-14H2,2H3,(H,22,27). The van der Waals surface area contributed by atoms with Crippen molar-refractivity contribution in [1.29, 1.82) is 0 Å². The molecule has 4 amide bonds. The van der Waals surface area contributed by atoms with Crippen LogP contribution in [0.15, 0.2) is 67.3 Å². The molecule has 3 rings (SSSR count). The number of rotatable bonds is 5. The summed E-state index contributed by atoms with van der Waals surface area (Å²) in [6.45, 7) is 5.75. The van der Waals surface area contributed by atoms with Gasteiger partial charge in [-0.25, -0.2) is 9.69 Å². The van der Waals surface area contributed by atoms with Crippen LogP contribution in [0.3, 0.4) is 0 Å². The second-order valence-corrected chi connectivity index (χ2v) is 6.36. The Kier molecular flexibility index (Phi) is 5.35. The zero-order valence-electron chi connectivity index (χ0n) is 15.1. The lowest BCUT2D eigenvalue weighted by atomic mass is 10.2. The molecule has 6 heteroatoms. The number of nitrogens with zero attached hydrogens (tertiary/aromatic N) is 2. The second-order valence-electron chi connectivity index (χ2n) is 6.36. The van der Waals surface area contributed by atoms with Gasteiger partial charge in [-0.1, -0.05) is 42.0 Å². The highest BCUT2D eigenvalue weighted by molar-refractivity contribution is 6.23. The molecule has 1 unspecified atom stereocenters. The first-order chi connectivity index (χ1) is 13.0. The minimum absolute atomic E-state index is 0.0528. The average Bonchev–Trinajstić information content (AvgIpc) is 2.95. The molecule has 6 nitrogen and oxygen atoms in total. The van der Waals surface area contributed by atoms with Crippen molar-refractivity contribution >= 4 is 29.2 Å². The van der Waals surface area contributed by atoms with Crippen LogP contribution in [0.25, 0.3) is 0 Å². The van der Waals surface area contributed by atoms with Crippen LogP contribution >= 0.6 is 0 Å². The predicted octanol–water partition coefficient (Wildman–Crippen LogP) is 3.35. The summed E-state index contributed by atoms with van der Waals surface area (Å²) >= 11 is 0. The second kappa shape index (κ2) is 7.86. The number of hydrogen-bond acceptors (Lipinski definition) is 3. The zero-order chi connectivity index (χ0) is 19.4. The Morgan fingerprint density at radius 3 is 2.48 bits per heavy atom. The molecule has 0 aliphatic carbocycles. The SMILES string of the molecule is C=CCN(C(=O)Nc1ccccc1)C1CC(=O)N(c2ccc(C)cc2)C1=O. The normalized spacial score (nSPS) is 16.3. The minimum Gasteiger partial charge on any atom is -0.308 e. The van der Waals surface area contributed by atoms with Gasteiger partial charge in [0.05, 0.1) is 12.1 Å². The van der Waals surface area contributed by atoms with E-state index in [0.717, 1.165) is 10.5 Å². The van der Waals surface area contributed by atoms with Crippen LogP contribution in [0.5, 0.6) is 0 Å². The molecule has 27 heavy (non-hydrogen) atoms. The lowest BCUT2D eigenvalue weighted by Gasteiger charge is -2.26. The summed E-state index contributed by atoms with van der Waals surface area (Å²) in [5.74, 6) is -0.732. The molecule has 138 valence electrons. The van der Waals surface area contributed by atoms with Crippen LogP contribution in [0.2, 0.25) is 0 Å². The number of amides is 4. The Morgan fingerprint density at radius 1 is 1.19 bits per heavy atom. The predicted molar refractivity (Wildman–Crippen MR) is 104 cm³/mol. The van der Waals surface area contributed by atoms with Gasteiger partial charge in [0.25, 0.3) is 5.91 Å². The van der Waals surface area contributed by atoms with Gasteiger partial charge in [-0.15, -0.1) is 6.58 Å². The van der Waals surface area contributed by atoms with E-state index in [4.69, 9.17) is 0 Å². The lowest BCUT2D eigenvalue weighted by molar-refractivity contribution is -0.122. The number of para-hydroxylation sites is 1. The van der Waals surface area contributed by atoms with Gasteiger partial charge in [0.15, 0.2) is 0 Å². The van der Waals surface area contributed by atoms with Crippen molar-refractivity contribution in [2.45, 2.75) is 19.4 Å². The summed E-state index contributed by atoms with van der Waals surface area (Å²) in [5.41, 5.74) is 2.16. The number of benzene rings is 2. The molecular weight excluding hydrogens is 342 g/mol. The van der Waals surface area contributed by atoms with Gasteiger partial charge in [0.2, 0.25) is 5.91 Å². The number of carbonyl (C=O) groups is 3. The van der Waals surface area contributed by atoms with Gasteiger partial charge >= 0.3 is 6.03 Å². The molecule has 1 saturated heterocycles. The summed E-state index contributed by atoms with van der Waals surface area (Å²) in [4.78, 5) is 40.6. The van der Waals surface area contributed by atoms with Gasteiger partial charge in [0, 0.05) is 12.2 Å². The number of urea groups is 1. The molecule has 1 aliphatic heterocycles. The number of imide groups is 1. The molecular formula is C21H21N3O3. The molecule has 0 bridgehead atoms. The number of hydrogen-bond donors (Lipinski definition) is 1. The molecule has 0 saturated carbocycles. The molecule has 1 atom stereocenters. The van der Waals surface area contributed by atoms with Crippen LogP contribution in [-0.4, -0.2) is 35.3 Å². The van der Waals surface area contributed by atoms with Crippen molar-refractivity contribution in [3.63, 3.8) is 0 Å². The quantitative estimate of drug-likeness (QED) is 0.654. The van der Waals surface area contributed by atoms with E-state index in [1.165, 1.54) is 11.0 Å². The minimum atomic E-state index is -0.861. The lowest BCUT2D eigenvalue weighted by Crippen LogP contribution is -2.47. The molecule has 1 fully saturated rings. The molecule has 1 aliphatic rings. The third kappa shape index (κ3) is 3.89. The largest absolute Gasteiger partial charge is 0.322 e. The van der Waals surface area contributed by atoms with Crippen molar-refractivity contribution in [3.05, 3.63) is 72.8 Å². The van der Waals surface area contributed by atoms with Gasteiger partial charge in [-0.3, -0.25) is 9.59 Å². The van der Waals surface area contributed by atoms with Crippen LogP contribution < -0.4 is 10.2 Å². The summed E-state index contributed by atoms with van der Waals surface area (Å²) in [7, 11) is 0. The van der Waals surface area contributed by atoms with E-state index in [9.17, 15) is 14.4 Å². The van der Waals surface area contributed by atoms with Crippen LogP contribution in [0.4, 0.5) is 16.2 Å². The molecule has 0 aromatic heterocycles. The smallest absolute Gasteiger partial charge is 0.308 e. The molecule has 1 heterocycles. The van der Waals surface area contributed by atoms with E-state index in [1.807, 2.05) is 25.1 Å². The Balaban J connectivity index is 1.82. The molecule has 2 aromatic rings. The van der Waals surface area contributed by atoms with Crippen molar-refractivity contribution in [2.75, 3.05) is 16.8 Å². The van der Waals surface area contributed by atoms with Gasteiger partial charge in [-0.2, -0.15) is 0 Å². The highest BCUT2D eigenvalue weighted by Crippen LogP contribution is 2.26. The Bertz CT molecular complexity index is 862. The van der Waals surface area contributed by atoms with Crippen LogP contribution in [0, 0.1) is 6.92 Å². The monoisotopic (exact) mass is 363 g/mol. The number of carbonyl (C=O) groups excluding carboxylic acids is 3. The maximum atomic E-state index is 12.9. The van der Waals surface area contributed by atoms with E-state index >= 15 is 0 Å². The number of anilines is 2. The average molecular weight is 363 g/mol. The highest BCUT2D eigenvalue weighted by atomic mass is 16.2. The summed E-state index contributed by atoms with van der Waals surface area (Å²) in [6, 6.07) is 14.8. The van der Waals surface area contributed by atoms with Crippen molar-refractivity contribution in [1.82, 2.24) is 4.90 Å². The maximum Gasteiger partial charge on any atom is 0.322 e. The maximum absolute atomic E-state index is 12.9. The number of aryl methyl sites for hydroxylation is 1. The van der Waals surface area contributed by atoms with Crippen molar-refractivity contribution in [3.8, 4) is 0 Å². The van der Waals surface area contributed by atoms with Crippen molar-refractivity contribution < 1.29 is 14.4 Å². The molecule has 2 aromatic carbocycles. The van der Waals surface area contributed by atoms with E-state index in [-0.39, 0.29) is 18.9 Å². The summed E-state index contributed by atoms with van der Waals surface area (Å²) < 4.78 is 0. The first kappa shape index (κ1) is 18.4. The fourth-order valence-corrected chi connectivity index (χ4v) is 3.03. The summed E-state index contributed by atoms with van der Waals surface area (Å²) in [5, 5.41) is 2.76. The Hall–Kier alpha value is -3.41. The van der Waals surface area contributed by atoms with Gasteiger partial charge < -0.3 is 10.2 Å². The molecule has 1 N–H and O–H groups in total. The Labute approximate surface area is 158 Å². The zero-order valence-corrected chi connectivity index (χ0v) is 15.1. The third-order valence-corrected chi connectivity index (χ3v) is 4.40. The van der Waals surface area contributed by atoms with Crippen LogP contribution in [0.1, 0.15) is 12.0 Å². The van der Waals surface area contributed by atoms with E-state index in [2.05, 4.69) is 11.9 Å². The summed E-state index contributed by atoms with van der Waals surface area (Å²) in [6.07, 6.45) is 1.49. The molecule has 0 spiro atoms. The van der Waals surface area contributed by atoms with E-state index in [0.29, 0.717) is 11.4 Å². The fraction of sp³-hybridized carbons (Fsp3) is 0.190. The first-order valence-electron chi connectivity index (χ1n) is 8.68. The van der Waals surface area contributed by atoms with Crippen LogP contribution in [-0.2, 0) is 9.59 Å². The van der Waals surface area contributed by atoms with Gasteiger partial charge in [0.1, 0.15) is 6.04 Å². The van der Waals surface area contributed by atoms with E-state index < -0.39 is 18.0 Å². The van der Waals surface area contributed by atoms with Gasteiger partial charge in [-0.05, 0) is 31.2 Å². The Morgan fingerprint density at radius 2 is 1.85 bits per heavy atom. The number of nitrogens with one attached hydrogen (secondary N) is 1. The third-order valence-electron chi connectivity index (χ3n) is 4.40. The van der Waals surface area contributed by atoms with E-state index in [1.54, 1.807) is 36.4 Å². The van der Waals surface area contributed by atoms with Crippen molar-refractivity contribution in [2.24, 2.45) is 0 Å². The first-order valence-corrected chi connectivity index (χ1v) is 8.68. The topological polar surface area (TPSA) is 69.7 Å². The fourth-order valence-electron chi connectivity index (χ4n) is 3.03. The molecule has 0 radical (unpaired) electrons. The highest BCUT2D eigenvalue weighted by Gasteiger charge is 2.44.